The Morgan fingerprint density at radius 2 is 1.94 bits per heavy atom. The van der Waals surface area contributed by atoms with Gasteiger partial charge in [0, 0.05) is 5.41 Å². The van der Waals surface area contributed by atoms with Crippen molar-refractivity contribution >= 4 is 5.78 Å². The standard InChI is InChI=1S/C14H16O3/c1-13(11-5-3-4-6-12(11)16)8-7-10(15)9-14(13,2)17/h3-9,11,15,17H,1-2H3. The molecule has 3 unspecified atom stereocenters. The van der Waals surface area contributed by atoms with Crippen LogP contribution in [0, 0.1) is 11.3 Å². The molecule has 2 aliphatic carbocycles. The molecule has 2 rings (SSSR count). The lowest BCUT2D eigenvalue weighted by atomic mass is 9.62. The third-order valence-electron chi connectivity index (χ3n) is 3.75. The van der Waals surface area contributed by atoms with Crippen LogP contribution in [0.4, 0.5) is 0 Å². The lowest BCUT2D eigenvalue weighted by molar-refractivity contribution is -0.123. The van der Waals surface area contributed by atoms with E-state index in [4.69, 9.17) is 0 Å². The largest absolute Gasteiger partial charge is 0.508 e. The first kappa shape index (κ1) is 11.9. The second-order valence-electron chi connectivity index (χ2n) is 4.96. The lowest BCUT2D eigenvalue weighted by Gasteiger charge is -2.44. The average Bonchev–Trinajstić information content (AvgIpc) is 2.24. The molecule has 0 aliphatic heterocycles. The fourth-order valence-corrected chi connectivity index (χ4v) is 2.36. The molecule has 0 aromatic heterocycles. The molecule has 0 spiro atoms. The number of rotatable bonds is 1. The van der Waals surface area contributed by atoms with Gasteiger partial charge in [0.1, 0.15) is 5.76 Å². The molecule has 3 atom stereocenters. The van der Waals surface area contributed by atoms with E-state index in [9.17, 15) is 15.0 Å². The molecule has 0 aromatic carbocycles. The van der Waals surface area contributed by atoms with Gasteiger partial charge >= 0.3 is 0 Å². The minimum Gasteiger partial charge on any atom is -0.508 e. The monoisotopic (exact) mass is 232 g/mol. The van der Waals surface area contributed by atoms with Crippen LogP contribution in [0.25, 0.3) is 0 Å². The van der Waals surface area contributed by atoms with Crippen LogP contribution in [0.15, 0.2) is 48.3 Å². The summed E-state index contributed by atoms with van der Waals surface area (Å²) in [6, 6.07) is 0. The predicted molar refractivity (Wildman–Crippen MR) is 65.4 cm³/mol. The lowest BCUT2D eigenvalue weighted by Crippen LogP contribution is -2.49. The molecule has 0 saturated heterocycles. The maximum Gasteiger partial charge on any atom is 0.163 e. The van der Waals surface area contributed by atoms with Crippen molar-refractivity contribution in [3.63, 3.8) is 0 Å². The van der Waals surface area contributed by atoms with E-state index in [1.807, 2.05) is 6.92 Å². The molecule has 90 valence electrons. The first-order valence-electron chi connectivity index (χ1n) is 5.59. The van der Waals surface area contributed by atoms with Crippen molar-refractivity contribution in [2.45, 2.75) is 19.4 Å². The molecule has 3 heteroatoms. The Hall–Kier alpha value is -1.61. The second-order valence-corrected chi connectivity index (χ2v) is 4.96. The van der Waals surface area contributed by atoms with Gasteiger partial charge in [-0.25, -0.2) is 0 Å². The zero-order valence-electron chi connectivity index (χ0n) is 9.92. The van der Waals surface area contributed by atoms with Crippen LogP contribution in [-0.2, 0) is 4.79 Å². The third kappa shape index (κ3) is 1.76. The van der Waals surface area contributed by atoms with Gasteiger partial charge in [0.05, 0.1) is 11.5 Å². The molecule has 2 N–H and O–H groups in total. The van der Waals surface area contributed by atoms with Gasteiger partial charge in [0.25, 0.3) is 0 Å². The van der Waals surface area contributed by atoms with Gasteiger partial charge in [0.2, 0.25) is 0 Å². The van der Waals surface area contributed by atoms with Gasteiger partial charge in [-0.05, 0) is 25.2 Å². The average molecular weight is 232 g/mol. The number of allylic oxidation sites excluding steroid dienone is 5. The van der Waals surface area contributed by atoms with Gasteiger partial charge in [-0.15, -0.1) is 0 Å². The molecule has 0 bridgehead atoms. The molecule has 0 fully saturated rings. The second kappa shape index (κ2) is 3.70. The topological polar surface area (TPSA) is 57.5 Å². The fraction of sp³-hybridized carbons (Fsp3) is 0.357. The number of aliphatic hydroxyl groups is 2. The molecule has 0 saturated carbocycles. The first-order valence-corrected chi connectivity index (χ1v) is 5.59. The number of carbonyl (C=O) groups excluding carboxylic acids is 1. The van der Waals surface area contributed by atoms with Gasteiger partial charge in [-0.2, -0.15) is 0 Å². The smallest absolute Gasteiger partial charge is 0.163 e. The summed E-state index contributed by atoms with van der Waals surface area (Å²) in [5.74, 6) is -0.423. The number of aliphatic hydroxyl groups excluding tert-OH is 1. The summed E-state index contributed by atoms with van der Waals surface area (Å²) in [5.41, 5.74) is -2.01. The van der Waals surface area contributed by atoms with E-state index in [-0.39, 0.29) is 11.5 Å². The zero-order valence-corrected chi connectivity index (χ0v) is 9.92. The quantitative estimate of drug-likeness (QED) is 0.727. The Kier molecular flexibility index (Phi) is 2.59. The Labute approximate surface area is 100 Å². The van der Waals surface area contributed by atoms with E-state index < -0.39 is 16.9 Å². The maximum absolute atomic E-state index is 11.9. The summed E-state index contributed by atoms with van der Waals surface area (Å²) in [5, 5.41) is 19.9. The molecular formula is C14H16O3. The summed E-state index contributed by atoms with van der Waals surface area (Å²) in [7, 11) is 0. The minimum atomic E-state index is -1.26. The predicted octanol–water partition coefficient (Wildman–Crippen LogP) is 2.07. The molecule has 0 amide bonds. The van der Waals surface area contributed by atoms with Gasteiger partial charge < -0.3 is 10.2 Å². The molecule has 0 aromatic rings. The number of hydrogen-bond acceptors (Lipinski definition) is 3. The van der Waals surface area contributed by atoms with E-state index in [1.54, 1.807) is 31.2 Å². The van der Waals surface area contributed by atoms with Gasteiger partial charge in [0.15, 0.2) is 5.78 Å². The first-order chi connectivity index (χ1) is 7.87. The highest BCUT2D eigenvalue weighted by atomic mass is 16.3. The molecular weight excluding hydrogens is 216 g/mol. The molecule has 0 radical (unpaired) electrons. The molecule has 0 heterocycles. The number of carbonyl (C=O) groups is 1. The zero-order chi connectivity index (χ0) is 12.7. The van der Waals surface area contributed by atoms with Crippen molar-refractivity contribution in [1.82, 2.24) is 0 Å². The Morgan fingerprint density at radius 3 is 2.53 bits per heavy atom. The van der Waals surface area contributed by atoms with Crippen LogP contribution in [0.3, 0.4) is 0 Å². The summed E-state index contributed by atoms with van der Waals surface area (Å²) in [6.07, 6.45) is 11.4. The van der Waals surface area contributed by atoms with Crippen LogP contribution in [0.1, 0.15) is 13.8 Å². The van der Waals surface area contributed by atoms with Crippen molar-refractivity contribution < 1.29 is 15.0 Å². The highest BCUT2D eigenvalue weighted by molar-refractivity contribution is 5.95. The van der Waals surface area contributed by atoms with Crippen molar-refractivity contribution in [2.75, 3.05) is 0 Å². The summed E-state index contributed by atoms with van der Waals surface area (Å²) < 4.78 is 0. The van der Waals surface area contributed by atoms with E-state index in [0.29, 0.717) is 0 Å². The van der Waals surface area contributed by atoms with Crippen molar-refractivity contribution in [3.05, 3.63) is 48.3 Å². The van der Waals surface area contributed by atoms with E-state index in [1.165, 1.54) is 18.2 Å². The summed E-state index contributed by atoms with van der Waals surface area (Å²) >= 11 is 0. The molecule has 17 heavy (non-hydrogen) atoms. The van der Waals surface area contributed by atoms with Crippen LogP contribution >= 0.6 is 0 Å². The summed E-state index contributed by atoms with van der Waals surface area (Å²) in [4.78, 5) is 11.9. The van der Waals surface area contributed by atoms with E-state index in [0.717, 1.165) is 0 Å². The van der Waals surface area contributed by atoms with Crippen molar-refractivity contribution in [3.8, 4) is 0 Å². The highest BCUT2D eigenvalue weighted by Gasteiger charge is 2.49. The SMILES string of the molecule is CC1(O)C=C(O)C=CC1(C)C1C=CC=CC1=O. The fourth-order valence-electron chi connectivity index (χ4n) is 2.36. The normalized spacial score (nSPS) is 40.5. The van der Waals surface area contributed by atoms with Gasteiger partial charge in [-0.3, -0.25) is 4.79 Å². The van der Waals surface area contributed by atoms with Crippen LogP contribution in [0.5, 0.6) is 0 Å². The number of hydrogen-bond donors (Lipinski definition) is 2. The third-order valence-corrected chi connectivity index (χ3v) is 3.75. The van der Waals surface area contributed by atoms with Gasteiger partial charge in [-0.1, -0.05) is 31.2 Å². The van der Waals surface area contributed by atoms with Crippen LogP contribution in [-0.4, -0.2) is 21.6 Å². The van der Waals surface area contributed by atoms with Crippen LogP contribution in [0.2, 0.25) is 0 Å². The molecule has 3 nitrogen and oxygen atoms in total. The molecule has 2 aliphatic rings. The number of ketones is 1. The van der Waals surface area contributed by atoms with Crippen molar-refractivity contribution in [1.29, 1.82) is 0 Å². The Balaban J connectivity index is 2.44. The van der Waals surface area contributed by atoms with Crippen LogP contribution < -0.4 is 0 Å². The van der Waals surface area contributed by atoms with Crippen molar-refractivity contribution in [2.24, 2.45) is 11.3 Å². The van der Waals surface area contributed by atoms with E-state index >= 15 is 0 Å². The Bertz CT molecular complexity index is 466. The maximum atomic E-state index is 11.9. The highest BCUT2D eigenvalue weighted by Crippen LogP contribution is 2.45. The summed E-state index contributed by atoms with van der Waals surface area (Å²) in [6.45, 7) is 3.42. The minimum absolute atomic E-state index is 0.0234. The Morgan fingerprint density at radius 1 is 1.24 bits per heavy atom. The van der Waals surface area contributed by atoms with E-state index in [2.05, 4.69) is 0 Å².